The van der Waals surface area contributed by atoms with E-state index >= 15 is 0 Å². The molecule has 11 heavy (non-hydrogen) atoms. The van der Waals surface area contributed by atoms with Gasteiger partial charge in [-0.25, -0.2) is 0 Å². The van der Waals surface area contributed by atoms with Crippen LogP contribution in [-0.4, -0.2) is 16.7 Å². The molecule has 0 bridgehead atoms. The van der Waals surface area contributed by atoms with Gasteiger partial charge in [0.15, 0.2) is 0 Å². The maximum atomic E-state index is 8.78. The molecule has 0 aliphatic heterocycles. The first-order valence-electron chi connectivity index (χ1n) is 3.82. The first-order valence-corrected chi connectivity index (χ1v) is 3.82. The van der Waals surface area contributed by atoms with Crippen molar-refractivity contribution in [2.45, 2.75) is 13.3 Å². The van der Waals surface area contributed by atoms with Crippen LogP contribution in [0.5, 0.6) is 0 Å². The Morgan fingerprint density at radius 1 is 1.45 bits per heavy atom. The molecule has 0 saturated heterocycles. The molecule has 0 unspecified atom stereocenters. The van der Waals surface area contributed by atoms with Gasteiger partial charge in [0, 0.05) is 19.0 Å². The van der Waals surface area contributed by atoms with Crippen molar-refractivity contribution in [2.75, 3.05) is 6.61 Å². The van der Waals surface area contributed by atoms with E-state index in [0.29, 0.717) is 5.92 Å². The Labute approximate surface area is 66.9 Å². The first-order chi connectivity index (χ1) is 5.33. The van der Waals surface area contributed by atoms with Gasteiger partial charge < -0.3 is 5.11 Å². The van der Waals surface area contributed by atoms with Crippen LogP contribution in [0.15, 0.2) is 24.5 Å². The van der Waals surface area contributed by atoms with Crippen LogP contribution < -0.4 is 0 Å². The van der Waals surface area contributed by atoms with Gasteiger partial charge in [0.1, 0.15) is 0 Å². The molecule has 0 radical (unpaired) electrons. The van der Waals surface area contributed by atoms with Crippen LogP contribution in [0.4, 0.5) is 0 Å². The summed E-state index contributed by atoms with van der Waals surface area (Å²) in [5.41, 5.74) is 1.24. The van der Waals surface area contributed by atoms with E-state index in [1.54, 1.807) is 12.4 Å². The third-order valence-electron chi connectivity index (χ3n) is 1.65. The number of aliphatic hydroxyl groups is 1. The largest absolute Gasteiger partial charge is 0.396 e. The summed E-state index contributed by atoms with van der Waals surface area (Å²) in [5.74, 6) is 0.345. The Morgan fingerprint density at radius 2 is 2.09 bits per heavy atom. The van der Waals surface area contributed by atoms with Crippen LogP contribution in [0.3, 0.4) is 0 Å². The molecule has 2 heteroatoms. The fraction of sp³-hybridized carbons (Fsp3) is 0.444. The first kappa shape index (κ1) is 8.21. The number of pyridine rings is 1. The summed E-state index contributed by atoms with van der Waals surface area (Å²) in [6.45, 7) is 2.28. The number of rotatable bonds is 3. The summed E-state index contributed by atoms with van der Waals surface area (Å²) in [6, 6.07) is 3.96. The van der Waals surface area contributed by atoms with Crippen molar-refractivity contribution < 1.29 is 5.11 Å². The van der Waals surface area contributed by atoms with Crippen LogP contribution in [-0.2, 0) is 6.42 Å². The van der Waals surface area contributed by atoms with E-state index in [2.05, 4.69) is 4.98 Å². The van der Waals surface area contributed by atoms with Gasteiger partial charge in [-0.05, 0) is 30.0 Å². The van der Waals surface area contributed by atoms with E-state index in [-0.39, 0.29) is 6.61 Å². The lowest BCUT2D eigenvalue weighted by Crippen LogP contribution is -2.04. The van der Waals surface area contributed by atoms with Gasteiger partial charge in [-0.3, -0.25) is 4.98 Å². The quantitative estimate of drug-likeness (QED) is 0.705. The lowest BCUT2D eigenvalue weighted by atomic mass is 10.0. The van der Waals surface area contributed by atoms with Crippen LogP contribution >= 0.6 is 0 Å². The molecule has 0 spiro atoms. The Balaban J connectivity index is 2.51. The minimum absolute atomic E-state index is 0.252. The van der Waals surface area contributed by atoms with Crippen molar-refractivity contribution in [3.05, 3.63) is 30.1 Å². The van der Waals surface area contributed by atoms with Gasteiger partial charge in [-0.15, -0.1) is 0 Å². The molecule has 0 amide bonds. The number of nitrogens with zero attached hydrogens (tertiary/aromatic N) is 1. The number of aromatic nitrogens is 1. The van der Waals surface area contributed by atoms with Crippen molar-refractivity contribution >= 4 is 0 Å². The van der Waals surface area contributed by atoms with Crippen molar-refractivity contribution in [2.24, 2.45) is 5.92 Å². The van der Waals surface area contributed by atoms with Crippen LogP contribution in [0.25, 0.3) is 0 Å². The standard InChI is InChI=1S/C9H13NO/c1-8(7-11)6-9-2-4-10-5-3-9/h2-5,8,11H,6-7H2,1H3/t8-/m0/s1. The van der Waals surface area contributed by atoms with E-state index < -0.39 is 0 Å². The molecule has 0 aromatic carbocycles. The van der Waals surface area contributed by atoms with Gasteiger partial charge >= 0.3 is 0 Å². The zero-order chi connectivity index (χ0) is 8.10. The summed E-state index contributed by atoms with van der Waals surface area (Å²) >= 11 is 0. The highest BCUT2D eigenvalue weighted by molar-refractivity contribution is 5.10. The van der Waals surface area contributed by atoms with Crippen LogP contribution in [0, 0.1) is 5.92 Å². The summed E-state index contributed by atoms with van der Waals surface area (Å²) in [5, 5.41) is 8.78. The third kappa shape index (κ3) is 2.68. The van der Waals surface area contributed by atoms with Gasteiger partial charge in [-0.1, -0.05) is 6.92 Å². The van der Waals surface area contributed by atoms with Gasteiger partial charge in [0.25, 0.3) is 0 Å². The van der Waals surface area contributed by atoms with Gasteiger partial charge in [0.2, 0.25) is 0 Å². The molecule has 0 aliphatic carbocycles. The summed E-state index contributed by atoms with van der Waals surface area (Å²) < 4.78 is 0. The molecule has 60 valence electrons. The van der Waals surface area contributed by atoms with E-state index in [1.807, 2.05) is 19.1 Å². The highest BCUT2D eigenvalue weighted by atomic mass is 16.3. The number of aliphatic hydroxyl groups excluding tert-OH is 1. The second-order valence-corrected chi connectivity index (χ2v) is 2.85. The van der Waals surface area contributed by atoms with E-state index in [4.69, 9.17) is 5.11 Å². The van der Waals surface area contributed by atoms with Crippen LogP contribution in [0.1, 0.15) is 12.5 Å². The highest BCUT2D eigenvalue weighted by Gasteiger charge is 2.00. The van der Waals surface area contributed by atoms with Gasteiger partial charge in [-0.2, -0.15) is 0 Å². The zero-order valence-corrected chi connectivity index (χ0v) is 6.70. The maximum absolute atomic E-state index is 8.78. The van der Waals surface area contributed by atoms with Crippen LogP contribution in [0.2, 0.25) is 0 Å². The Bertz CT molecular complexity index is 198. The van der Waals surface area contributed by atoms with E-state index in [1.165, 1.54) is 5.56 Å². The molecule has 1 N–H and O–H groups in total. The predicted molar refractivity (Wildman–Crippen MR) is 44.2 cm³/mol. The maximum Gasteiger partial charge on any atom is 0.0459 e. The lowest BCUT2D eigenvalue weighted by Gasteiger charge is -2.05. The Morgan fingerprint density at radius 3 is 2.64 bits per heavy atom. The molecule has 1 heterocycles. The molecule has 0 fully saturated rings. The SMILES string of the molecule is C[C@H](CO)Cc1ccncc1. The highest BCUT2D eigenvalue weighted by Crippen LogP contribution is 2.05. The van der Waals surface area contributed by atoms with Crippen molar-refractivity contribution in [3.8, 4) is 0 Å². The minimum Gasteiger partial charge on any atom is -0.396 e. The average molecular weight is 151 g/mol. The minimum atomic E-state index is 0.252. The molecule has 0 saturated carbocycles. The number of hydrogen-bond acceptors (Lipinski definition) is 2. The monoisotopic (exact) mass is 151 g/mol. The van der Waals surface area contributed by atoms with Crippen molar-refractivity contribution in [3.63, 3.8) is 0 Å². The molecule has 1 rings (SSSR count). The fourth-order valence-corrected chi connectivity index (χ4v) is 0.986. The van der Waals surface area contributed by atoms with Crippen molar-refractivity contribution in [1.29, 1.82) is 0 Å². The summed E-state index contributed by atoms with van der Waals surface area (Å²) in [7, 11) is 0. The average Bonchev–Trinajstić information content (AvgIpc) is 2.06. The molecule has 2 nitrogen and oxygen atoms in total. The Kier molecular flexibility index (Phi) is 3.05. The summed E-state index contributed by atoms with van der Waals surface area (Å²) in [4.78, 5) is 3.92. The van der Waals surface area contributed by atoms with E-state index in [9.17, 15) is 0 Å². The molecule has 0 aliphatic rings. The molecular weight excluding hydrogens is 138 g/mol. The lowest BCUT2D eigenvalue weighted by molar-refractivity contribution is 0.237. The topological polar surface area (TPSA) is 33.1 Å². The molecule has 1 atom stereocenters. The second-order valence-electron chi connectivity index (χ2n) is 2.85. The normalized spacial score (nSPS) is 12.9. The predicted octanol–water partition coefficient (Wildman–Crippen LogP) is 1.25. The zero-order valence-electron chi connectivity index (χ0n) is 6.70. The van der Waals surface area contributed by atoms with Crippen molar-refractivity contribution in [1.82, 2.24) is 4.98 Å². The second kappa shape index (κ2) is 4.09. The summed E-state index contributed by atoms with van der Waals surface area (Å²) in [6.07, 6.45) is 4.48. The fourth-order valence-electron chi connectivity index (χ4n) is 0.986. The third-order valence-corrected chi connectivity index (χ3v) is 1.65. The molecular formula is C9H13NO. The van der Waals surface area contributed by atoms with E-state index in [0.717, 1.165) is 6.42 Å². The molecule has 1 aromatic heterocycles. The van der Waals surface area contributed by atoms with Gasteiger partial charge in [0.05, 0.1) is 0 Å². The number of hydrogen-bond donors (Lipinski definition) is 1. The Hall–Kier alpha value is -0.890. The molecule has 1 aromatic rings. The smallest absolute Gasteiger partial charge is 0.0459 e.